The maximum absolute atomic E-state index is 13.1. The van der Waals surface area contributed by atoms with Gasteiger partial charge in [0.15, 0.2) is 18.4 Å². The zero-order valence-electron chi connectivity index (χ0n) is 41.6. The van der Waals surface area contributed by atoms with E-state index in [1.165, 1.54) is 88.1 Å². The fourth-order valence-corrected chi connectivity index (χ4v) is 17.0. The maximum atomic E-state index is 13.1. The molecule has 2 heterocycles. The number of nitrogens with one attached hydrogen (secondary N) is 1. The van der Waals surface area contributed by atoms with Gasteiger partial charge in [0.05, 0.1) is 16.5 Å². The number of Topliss-reactive ketones (excluding diaryl/α,β-unsaturated/α-hetero) is 2. The van der Waals surface area contributed by atoms with Gasteiger partial charge in [-0.05, 0) is 204 Å². The largest absolute Gasteiger partial charge is 1.00 e. The first kappa shape index (κ1) is 59.1. The first-order chi connectivity index (χ1) is 29.9. The van der Waals surface area contributed by atoms with Crippen LogP contribution in [0.15, 0.2) is 12.7 Å². The van der Waals surface area contributed by atoms with Crippen LogP contribution in [0.25, 0.3) is 0 Å². The standard InChI is InChI=1S/C23H36N4O2.C22H35BrO2.CH2N4.CH2O3.CH4.2K.H/c1-21(29)10-11-22(2)15(12-21)4-5-16-17-6-7-19(23(17,3)9-8-18(16)22)20(28)13-27-25-14-24-26-27;1-20(25)10-11-21(2)14(12-20)4-5-15-16-6-7-18(19(24)13-23)22(16,3)9-8-17(15)21;1-2-4-5-3-1;2-1-4-3;;;;/h14-19,29H,4-13H2,1-3H3;14-18,25H,4-13H2,1-3H3;1H,(H,2,3,4,5);1,3H;1H4;;;/q;;;;;2*+1;-1/p-1/t15-,16-,17-,18-,19+,21+,22-,23-;14-,15-,16-,17-,18+,20+,21-,22-;;;;;;/m00....../s1. The second kappa shape index (κ2) is 24.1. The van der Waals surface area contributed by atoms with Gasteiger partial charge >= 0.3 is 103 Å². The Morgan fingerprint density at radius 1 is 0.712 bits per heavy atom. The fraction of sp³-hybridized carbons (Fsp3) is 0.896. The Labute approximate surface area is 488 Å². The van der Waals surface area contributed by atoms with Crippen LogP contribution in [0.3, 0.4) is 0 Å². The van der Waals surface area contributed by atoms with Crippen molar-refractivity contribution in [3.05, 3.63) is 12.7 Å². The molecule has 0 unspecified atom stereocenters. The van der Waals surface area contributed by atoms with E-state index in [1.807, 2.05) is 13.8 Å². The average molecular weight is 1040 g/mol. The zero-order chi connectivity index (χ0) is 45.4. The van der Waals surface area contributed by atoms with Gasteiger partial charge in [-0.25, -0.2) is 0 Å². The second-order valence-corrected chi connectivity index (χ2v) is 23.4. The summed E-state index contributed by atoms with van der Waals surface area (Å²) < 4.78 is 0. The van der Waals surface area contributed by atoms with E-state index in [2.05, 4.69) is 84.5 Å². The summed E-state index contributed by atoms with van der Waals surface area (Å²) in [4.78, 5) is 38.3. The molecular formula is C48H79BrK2N8O7. The molecular weight excluding hydrogens is 959 g/mol. The number of aliphatic hydroxyl groups is 2. The third-order valence-electron chi connectivity index (χ3n) is 19.8. The normalized spacial score (nSPS) is 43.4. The van der Waals surface area contributed by atoms with Crippen molar-refractivity contribution in [2.45, 2.75) is 182 Å². The van der Waals surface area contributed by atoms with Gasteiger partial charge in [0.25, 0.3) is 6.47 Å². The molecule has 3 N–H and O–H groups in total. The molecule has 2 aromatic rings. The number of aromatic nitrogens is 8. The number of tetrazole rings is 2. The number of H-pyrrole nitrogens is 1. The van der Waals surface area contributed by atoms with Gasteiger partial charge in [-0.3, -0.25) is 14.4 Å². The van der Waals surface area contributed by atoms with Crippen molar-refractivity contribution in [1.82, 2.24) is 40.8 Å². The molecule has 8 aliphatic rings. The number of carbonyl (C=O) groups is 3. The summed E-state index contributed by atoms with van der Waals surface area (Å²) in [5, 5.41) is 54.1. The van der Waals surface area contributed by atoms with E-state index in [4.69, 9.17) is 10.1 Å². The van der Waals surface area contributed by atoms with Gasteiger partial charge in [0, 0.05) is 11.8 Å². The Bertz CT molecular complexity index is 1850. The van der Waals surface area contributed by atoms with E-state index < -0.39 is 11.2 Å². The molecule has 8 aliphatic carbocycles. The van der Waals surface area contributed by atoms with E-state index >= 15 is 0 Å². The first-order valence-electron chi connectivity index (χ1n) is 24.0. The number of hydrogen-bond acceptors (Lipinski definition) is 13. The average Bonchev–Trinajstić information content (AvgIpc) is 4.10. The van der Waals surface area contributed by atoms with Crippen LogP contribution in [-0.2, 0) is 25.8 Å². The number of carbonyl (C=O) groups excluding carboxylic acids is 3. The topological polar surface area (TPSA) is 222 Å². The minimum absolute atomic E-state index is 0. The fourth-order valence-electron chi connectivity index (χ4n) is 16.7. The number of fused-ring (bicyclic) bond motifs is 10. The van der Waals surface area contributed by atoms with Crippen LogP contribution in [0.5, 0.6) is 0 Å². The molecule has 0 radical (unpaired) electrons. The molecule has 66 heavy (non-hydrogen) atoms. The van der Waals surface area contributed by atoms with Gasteiger partial charge in [-0.1, -0.05) is 56.3 Å². The molecule has 8 fully saturated rings. The number of hydrogen-bond donors (Lipinski definition) is 3. The maximum Gasteiger partial charge on any atom is 1.00 e. The van der Waals surface area contributed by atoms with Gasteiger partial charge in [-0.15, -0.1) is 20.4 Å². The third kappa shape index (κ3) is 12.0. The summed E-state index contributed by atoms with van der Waals surface area (Å²) in [7, 11) is 0. The quantitative estimate of drug-likeness (QED) is 0.123. The molecule has 2 aromatic heterocycles. The molecule has 16 atom stereocenters. The van der Waals surface area contributed by atoms with E-state index in [9.17, 15) is 19.8 Å². The van der Waals surface area contributed by atoms with Crippen molar-refractivity contribution in [2.24, 2.45) is 80.8 Å². The van der Waals surface area contributed by atoms with Crippen molar-refractivity contribution < 1.29 is 139 Å². The number of rotatable bonds is 6. The van der Waals surface area contributed by atoms with E-state index in [1.54, 1.807) is 0 Å². The Morgan fingerprint density at radius 2 is 1.18 bits per heavy atom. The molecule has 0 bridgehead atoms. The monoisotopic (exact) mass is 1040 g/mol. The molecule has 15 nitrogen and oxygen atoms in total. The summed E-state index contributed by atoms with van der Waals surface area (Å²) in [5.41, 5.74) is 0.252. The minimum atomic E-state index is -0.472. The predicted molar refractivity (Wildman–Crippen MR) is 242 cm³/mol. The number of aromatic amines is 1. The van der Waals surface area contributed by atoms with Crippen LogP contribution in [-0.4, -0.2) is 85.6 Å². The number of halogens is 1. The van der Waals surface area contributed by atoms with Crippen LogP contribution in [0, 0.1) is 80.8 Å². The molecule has 8 saturated carbocycles. The van der Waals surface area contributed by atoms with E-state index in [0.29, 0.717) is 45.5 Å². The van der Waals surface area contributed by atoms with Crippen LogP contribution >= 0.6 is 15.9 Å². The smallest absolute Gasteiger partial charge is 1.00 e. The summed E-state index contributed by atoms with van der Waals surface area (Å²) >= 11 is 3.43. The van der Waals surface area contributed by atoms with Gasteiger partial charge in [0.2, 0.25) is 0 Å². The molecule has 10 rings (SSSR count). The molecule has 362 valence electrons. The Balaban J connectivity index is 0.000000287. The van der Waals surface area contributed by atoms with E-state index in [0.717, 1.165) is 74.5 Å². The third-order valence-corrected chi connectivity index (χ3v) is 20.4. The van der Waals surface area contributed by atoms with Gasteiger partial charge < -0.3 is 21.8 Å². The van der Waals surface area contributed by atoms with Gasteiger partial charge in [0.1, 0.15) is 12.3 Å². The number of ketones is 2. The Kier molecular flexibility index (Phi) is 21.6. The summed E-state index contributed by atoms with van der Waals surface area (Å²) in [5.74, 6) is 7.08. The summed E-state index contributed by atoms with van der Waals surface area (Å²) in [6.07, 6.45) is 23.7. The van der Waals surface area contributed by atoms with Crippen molar-refractivity contribution in [2.75, 3.05) is 5.33 Å². The molecule has 0 amide bonds. The van der Waals surface area contributed by atoms with Crippen molar-refractivity contribution in [3.63, 3.8) is 0 Å². The summed E-state index contributed by atoms with van der Waals surface area (Å²) in [6, 6.07) is 0. The first-order valence-corrected chi connectivity index (χ1v) is 25.1. The van der Waals surface area contributed by atoms with Gasteiger partial charge in [-0.2, -0.15) is 10.0 Å². The molecule has 18 heteroatoms. The van der Waals surface area contributed by atoms with Crippen LogP contribution in [0.2, 0.25) is 0 Å². The van der Waals surface area contributed by atoms with Crippen molar-refractivity contribution in [3.8, 4) is 0 Å². The molecule has 0 aliphatic heterocycles. The molecule has 0 spiro atoms. The SMILES string of the molecule is C.C[C@@]1(O)CC[C@@]2(C)[C@@H](CC[C@@H]3[C@@H]2CC[C@]2(C)[C@@H](C(=O)CBr)CC[C@@H]32)C1.C[C@@]1(O)CC[C@@]2(C)[C@@H](CC[C@@H]3[C@@H]2CC[C@]2(C)[C@@H](C(=O)Cn4ncnn4)CC[C@@H]32)C1.O=CO[O-].[H-].[K+].[K+].c1nn[nH]n1. The Morgan fingerprint density at radius 3 is 1.56 bits per heavy atom. The molecule has 0 aromatic carbocycles. The summed E-state index contributed by atoms with van der Waals surface area (Å²) in [6.45, 7) is 14.1. The minimum Gasteiger partial charge on any atom is -1.00 e. The van der Waals surface area contributed by atoms with Crippen LogP contribution < -0.4 is 108 Å². The Hall–Kier alpha value is 0.583. The zero-order valence-corrected chi connectivity index (χ0v) is 48.4. The van der Waals surface area contributed by atoms with E-state index in [-0.39, 0.29) is 147 Å². The van der Waals surface area contributed by atoms with Crippen molar-refractivity contribution in [1.29, 1.82) is 0 Å². The number of nitrogens with zero attached hydrogens (tertiary/aromatic N) is 7. The van der Waals surface area contributed by atoms with Crippen molar-refractivity contribution >= 4 is 34.0 Å². The predicted octanol–water partition coefficient (Wildman–Crippen LogP) is 1.40. The number of alkyl halides is 1. The van der Waals surface area contributed by atoms with Crippen LogP contribution in [0.1, 0.15) is 166 Å². The molecule has 0 saturated heterocycles. The second-order valence-electron chi connectivity index (χ2n) is 22.8. The van der Waals surface area contributed by atoms with Crippen LogP contribution in [0.4, 0.5) is 0 Å².